The van der Waals surface area contributed by atoms with Gasteiger partial charge in [0.25, 0.3) is 0 Å². The Labute approximate surface area is 135 Å². The summed E-state index contributed by atoms with van der Waals surface area (Å²) in [6.45, 7) is 10.4. The molecule has 3 rings (SSSR count). The number of hydrogen-bond donors (Lipinski definition) is 0. The molecule has 23 heavy (non-hydrogen) atoms. The number of amides is 1. The number of carbonyl (C=O) groups is 1. The van der Waals surface area contributed by atoms with Crippen LogP contribution in [0.3, 0.4) is 0 Å². The summed E-state index contributed by atoms with van der Waals surface area (Å²) in [5.74, 6) is 1.57. The molecule has 0 aliphatic carbocycles. The number of azo groups is 1. The van der Waals surface area contributed by atoms with Crippen LogP contribution in [-0.4, -0.2) is 35.3 Å². The lowest BCUT2D eigenvalue weighted by molar-refractivity contribution is -0.129. The second-order valence-electron chi connectivity index (χ2n) is 5.20. The van der Waals surface area contributed by atoms with Gasteiger partial charge >= 0.3 is 0 Å². The maximum Gasteiger partial charge on any atom is 0.222 e. The monoisotopic (exact) mass is 307 g/mol. The van der Waals surface area contributed by atoms with Crippen LogP contribution in [-0.2, 0) is 4.79 Å². The topological polar surface area (TPSA) is 69.8 Å². The first-order valence-electron chi connectivity index (χ1n) is 7.42. The Hall–Kier alpha value is -2.63. The number of nitrogens with zero attached hydrogens (tertiary/aromatic N) is 5. The van der Waals surface area contributed by atoms with Crippen molar-refractivity contribution in [2.75, 3.05) is 13.1 Å². The van der Waals surface area contributed by atoms with Crippen LogP contribution in [0.2, 0.25) is 0 Å². The molecule has 0 bridgehead atoms. The quantitative estimate of drug-likeness (QED) is 0.787. The molecule has 2 radical (unpaired) electrons. The molecule has 116 valence electrons. The number of carbonyl (C=O) groups excluding carboxylic acids is 1. The third kappa shape index (κ3) is 2.72. The highest BCUT2D eigenvalue weighted by molar-refractivity contribution is 6.30. The first-order chi connectivity index (χ1) is 11.2. The first-order valence-corrected chi connectivity index (χ1v) is 7.42. The van der Waals surface area contributed by atoms with E-state index < -0.39 is 0 Å². The van der Waals surface area contributed by atoms with Gasteiger partial charge in [0.15, 0.2) is 11.9 Å². The highest BCUT2D eigenvalue weighted by Gasteiger charge is 2.41. The number of fused-ring (bicyclic) bond motifs is 1. The summed E-state index contributed by atoms with van der Waals surface area (Å²) in [4.78, 5) is 23.0. The van der Waals surface area contributed by atoms with Crippen molar-refractivity contribution < 1.29 is 4.79 Å². The van der Waals surface area contributed by atoms with Crippen LogP contribution in [0.1, 0.15) is 13.3 Å². The average Bonchev–Trinajstić information content (AvgIpc) is 3.23. The number of hydrogen-bond acceptors (Lipinski definition) is 5. The minimum Gasteiger partial charge on any atom is -0.336 e. The van der Waals surface area contributed by atoms with E-state index in [1.165, 1.54) is 0 Å². The van der Waals surface area contributed by atoms with E-state index in [9.17, 15) is 4.79 Å². The van der Waals surface area contributed by atoms with Gasteiger partial charge in [-0.05, 0) is 6.08 Å². The Morgan fingerprint density at radius 1 is 1.30 bits per heavy atom. The largest absolute Gasteiger partial charge is 0.336 e. The average molecular weight is 307 g/mol. The van der Waals surface area contributed by atoms with Crippen molar-refractivity contribution in [2.24, 2.45) is 20.2 Å². The van der Waals surface area contributed by atoms with E-state index in [-0.39, 0.29) is 5.91 Å². The summed E-state index contributed by atoms with van der Waals surface area (Å²) in [6.07, 6.45) is 7.23. The Kier molecular flexibility index (Phi) is 4.14. The van der Waals surface area contributed by atoms with Crippen molar-refractivity contribution in [1.29, 1.82) is 0 Å². The number of allylic oxidation sites excluding steroid dienone is 3. The van der Waals surface area contributed by atoms with E-state index >= 15 is 0 Å². The Bertz CT molecular complexity index is 688. The smallest absolute Gasteiger partial charge is 0.222 e. The maximum absolute atomic E-state index is 12.0. The van der Waals surface area contributed by atoms with E-state index in [2.05, 4.69) is 33.4 Å². The third-order valence-electron chi connectivity index (χ3n) is 3.84. The second-order valence-corrected chi connectivity index (χ2v) is 5.20. The van der Waals surface area contributed by atoms with Gasteiger partial charge in [0, 0.05) is 24.7 Å². The molecule has 0 atom stereocenters. The van der Waals surface area contributed by atoms with Gasteiger partial charge in [0.05, 0.1) is 23.9 Å². The predicted octanol–water partition coefficient (Wildman–Crippen LogP) is 2.80. The third-order valence-corrected chi connectivity index (χ3v) is 3.84. The van der Waals surface area contributed by atoms with Gasteiger partial charge < -0.3 is 4.90 Å². The number of likely N-dealkylation sites (tertiary alicyclic amines) is 1. The highest BCUT2D eigenvalue weighted by Crippen LogP contribution is 2.32. The molecular weight excluding hydrogens is 290 g/mol. The molecule has 3 aliphatic rings. The summed E-state index contributed by atoms with van der Waals surface area (Å²) in [5, 5.41) is 7.97. The lowest BCUT2D eigenvalue weighted by Gasteiger charge is -2.20. The number of rotatable bonds is 4. The molecule has 0 spiro atoms. The lowest BCUT2D eigenvalue weighted by atomic mass is 9.93. The van der Waals surface area contributed by atoms with Gasteiger partial charge in [-0.25, -0.2) is 9.98 Å². The van der Waals surface area contributed by atoms with Crippen molar-refractivity contribution in [2.45, 2.75) is 13.3 Å². The predicted molar refractivity (Wildman–Crippen MR) is 89.6 cm³/mol. The normalized spacial score (nSPS) is 20.4. The Balaban J connectivity index is 2.03. The van der Waals surface area contributed by atoms with Crippen molar-refractivity contribution in [3.63, 3.8) is 0 Å². The minimum absolute atomic E-state index is 0.0979. The van der Waals surface area contributed by atoms with Gasteiger partial charge in [-0.15, -0.1) is 0 Å². The van der Waals surface area contributed by atoms with Crippen LogP contribution < -0.4 is 0 Å². The molecule has 0 unspecified atom stereocenters. The highest BCUT2D eigenvalue weighted by atomic mass is 16.2. The van der Waals surface area contributed by atoms with E-state index in [1.54, 1.807) is 29.3 Å². The standard InChI is InChI=1S/C17H17N5O/c1-4-11(5-2)17-19-14-10-22(15(23)6-3)9-12(14)16(20-17)13-7-8-18-21-13/h4-5,7-8H,1-2,6,9-10H2,3H3. The fourth-order valence-corrected chi connectivity index (χ4v) is 2.62. The zero-order chi connectivity index (χ0) is 16.4. The fraction of sp³-hybridized carbons (Fsp3) is 0.235. The van der Waals surface area contributed by atoms with Crippen LogP contribution in [0.5, 0.6) is 0 Å². The fourth-order valence-electron chi connectivity index (χ4n) is 2.62. The molecule has 0 saturated carbocycles. The zero-order valence-electron chi connectivity index (χ0n) is 13.0. The molecule has 1 amide bonds. The summed E-state index contributed by atoms with van der Waals surface area (Å²) in [7, 11) is 0. The van der Waals surface area contributed by atoms with E-state index in [1.807, 2.05) is 6.92 Å². The lowest BCUT2D eigenvalue weighted by Crippen LogP contribution is -2.29. The van der Waals surface area contributed by atoms with Crippen LogP contribution >= 0.6 is 0 Å². The number of aliphatic imine (C=N–C) groups is 2. The summed E-state index contributed by atoms with van der Waals surface area (Å²) in [6, 6.07) is 0.683. The zero-order valence-corrected chi connectivity index (χ0v) is 13.0. The van der Waals surface area contributed by atoms with Gasteiger partial charge in [-0.2, -0.15) is 10.2 Å². The Morgan fingerprint density at radius 2 is 2.09 bits per heavy atom. The molecule has 3 heterocycles. The van der Waals surface area contributed by atoms with Crippen LogP contribution in [0.25, 0.3) is 0 Å². The first kappa shape index (κ1) is 15.3. The second kappa shape index (κ2) is 6.24. The van der Waals surface area contributed by atoms with Crippen molar-refractivity contribution >= 4 is 17.3 Å². The molecule has 0 aromatic heterocycles. The van der Waals surface area contributed by atoms with Gasteiger partial charge in [-0.1, -0.05) is 32.2 Å². The molecule has 0 aromatic rings. The summed E-state index contributed by atoms with van der Waals surface area (Å²) in [5.41, 5.74) is 2.31. The Morgan fingerprint density at radius 3 is 2.70 bits per heavy atom. The summed E-state index contributed by atoms with van der Waals surface area (Å²) >= 11 is 0. The van der Waals surface area contributed by atoms with Crippen LogP contribution in [0, 0.1) is 12.0 Å². The van der Waals surface area contributed by atoms with Gasteiger partial charge in [-0.3, -0.25) is 4.79 Å². The van der Waals surface area contributed by atoms with Gasteiger partial charge in [0.2, 0.25) is 5.91 Å². The maximum atomic E-state index is 12.0. The van der Waals surface area contributed by atoms with Gasteiger partial charge in [0.1, 0.15) is 0 Å². The molecular formula is C17H17N5O. The minimum atomic E-state index is 0.0979. The van der Waals surface area contributed by atoms with Crippen molar-refractivity contribution in [1.82, 2.24) is 4.90 Å². The van der Waals surface area contributed by atoms with E-state index in [0.717, 1.165) is 22.9 Å². The SMILES string of the molecule is C=CC(C=C)=C1N=C2CN(C(=O)CC)C[C]2C([C]2C=CN=N2)=N1. The molecule has 3 aliphatic heterocycles. The molecule has 1 fully saturated rings. The molecule has 6 heteroatoms. The van der Waals surface area contributed by atoms with Crippen molar-refractivity contribution in [3.05, 3.63) is 60.9 Å². The van der Waals surface area contributed by atoms with Crippen LogP contribution in [0.15, 0.2) is 69.2 Å². The van der Waals surface area contributed by atoms with E-state index in [0.29, 0.717) is 31.4 Å². The van der Waals surface area contributed by atoms with Crippen molar-refractivity contribution in [3.8, 4) is 0 Å². The molecule has 6 nitrogen and oxygen atoms in total. The molecule has 0 aromatic carbocycles. The van der Waals surface area contributed by atoms with Crippen LogP contribution in [0.4, 0.5) is 0 Å². The molecule has 1 saturated heterocycles. The molecule has 0 N–H and O–H groups in total. The summed E-state index contributed by atoms with van der Waals surface area (Å²) < 4.78 is 0. The van der Waals surface area contributed by atoms with E-state index in [4.69, 9.17) is 0 Å².